The van der Waals surface area contributed by atoms with Crippen LogP contribution in [0.3, 0.4) is 0 Å². The van der Waals surface area contributed by atoms with Crippen LogP contribution < -0.4 is 5.32 Å². The normalized spacial score (nSPS) is 10.2. The fraction of sp³-hybridized carbons (Fsp3) is 0.222. The number of anilines is 1. The lowest BCUT2D eigenvalue weighted by Gasteiger charge is -2.03. The number of H-pyrrole nitrogens is 1. The molecule has 2 aromatic heterocycles. The molecule has 2 aromatic rings. The molecule has 5 nitrogen and oxygen atoms in total. The van der Waals surface area contributed by atoms with Crippen molar-refractivity contribution in [1.29, 1.82) is 0 Å². The number of hydrogen-bond donors (Lipinski definition) is 2. The Hall–Kier alpha value is -1.43. The van der Waals surface area contributed by atoms with Crippen molar-refractivity contribution in [3.8, 4) is 0 Å². The second-order valence-corrected chi connectivity index (χ2v) is 3.82. The average molecular weight is 268 g/mol. The zero-order chi connectivity index (χ0) is 10.5. The zero-order valence-electron chi connectivity index (χ0n) is 7.94. The maximum atomic E-state index is 4.08. The van der Waals surface area contributed by atoms with Gasteiger partial charge in [0.05, 0.1) is 6.20 Å². The van der Waals surface area contributed by atoms with Crippen molar-refractivity contribution in [2.24, 2.45) is 0 Å². The second-order valence-electron chi connectivity index (χ2n) is 3.01. The number of halogens is 1. The van der Waals surface area contributed by atoms with Crippen LogP contribution >= 0.6 is 15.9 Å². The highest BCUT2D eigenvalue weighted by molar-refractivity contribution is 9.10. The van der Waals surface area contributed by atoms with Gasteiger partial charge in [0.25, 0.3) is 0 Å². The fourth-order valence-corrected chi connectivity index (χ4v) is 1.49. The Morgan fingerprint density at radius 3 is 3.07 bits per heavy atom. The van der Waals surface area contributed by atoms with Gasteiger partial charge in [0, 0.05) is 18.8 Å². The quantitative estimate of drug-likeness (QED) is 0.827. The highest BCUT2D eigenvalue weighted by Crippen LogP contribution is 2.09. The lowest BCUT2D eigenvalue weighted by Crippen LogP contribution is -2.05. The van der Waals surface area contributed by atoms with Gasteiger partial charge in [-0.25, -0.2) is 9.97 Å². The molecule has 2 rings (SSSR count). The van der Waals surface area contributed by atoms with Gasteiger partial charge in [-0.15, -0.1) is 0 Å². The monoisotopic (exact) mass is 267 g/mol. The zero-order valence-corrected chi connectivity index (χ0v) is 9.53. The van der Waals surface area contributed by atoms with Gasteiger partial charge in [-0.2, -0.15) is 5.10 Å². The minimum Gasteiger partial charge on any atom is -0.370 e. The van der Waals surface area contributed by atoms with Crippen LogP contribution in [0.15, 0.2) is 29.4 Å². The average Bonchev–Trinajstić information content (AvgIpc) is 2.71. The molecule has 0 spiro atoms. The summed E-state index contributed by atoms with van der Waals surface area (Å²) >= 11 is 3.29. The largest absolute Gasteiger partial charge is 0.370 e. The molecule has 0 fully saturated rings. The van der Waals surface area contributed by atoms with Gasteiger partial charge in [-0.3, -0.25) is 5.10 Å². The van der Waals surface area contributed by atoms with E-state index in [9.17, 15) is 0 Å². The molecule has 2 N–H and O–H groups in total. The van der Waals surface area contributed by atoms with Crippen LogP contribution in [0.2, 0.25) is 0 Å². The Morgan fingerprint density at radius 2 is 2.33 bits per heavy atom. The number of rotatable bonds is 4. The summed E-state index contributed by atoms with van der Waals surface area (Å²) in [7, 11) is 0. The van der Waals surface area contributed by atoms with E-state index < -0.39 is 0 Å². The smallest absolute Gasteiger partial charge is 0.130 e. The predicted molar refractivity (Wildman–Crippen MR) is 60.5 cm³/mol. The van der Waals surface area contributed by atoms with Crippen LogP contribution in [0.1, 0.15) is 5.56 Å². The van der Waals surface area contributed by atoms with E-state index in [2.05, 4.69) is 41.4 Å². The molecule has 0 radical (unpaired) electrons. The van der Waals surface area contributed by atoms with Gasteiger partial charge in [-0.05, 0) is 27.9 Å². The molecule has 0 aliphatic heterocycles. The number of aromatic amines is 1. The first-order valence-corrected chi connectivity index (χ1v) is 5.33. The fourth-order valence-electron chi connectivity index (χ4n) is 1.18. The number of aromatic nitrogens is 4. The Bertz CT molecular complexity index is 414. The van der Waals surface area contributed by atoms with Crippen molar-refractivity contribution in [2.75, 3.05) is 11.9 Å². The molecule has 0 aliphatic carbocycles. The summed E-state index contributed by atoms with van der Waals surface area (Å²) in [6.45, 7) is 0.822. The van der Waals surface area contributed by atoms with E-state index in [0.29, 0.717) is 0 Å². The lowest BCUT2D eigenvalue weighted by atomic mass is 10.2. The van der Waals surface area contributed by atoms with Gasteiger partial charge in [0.2, 0.25) is 0 Å². The molecule has 0 saturated heterocycles. The van der Waals surface area contributed by atoms with Gasteiger partial charge in [0.15, 0.2) is 0 Å². The summed E-state index contributed by atoms with van der Waals surface area (Å²) in [5.74, 6) is 0.820. The van der Waals surface area contributed by atoms with E-state index >= 15 is 0 Å². The molecule has 0 aromatic carbocycles. The maximum Gasteiger partial charge on any atom is 0.130 e. The van der Waals surface area contributed by atoms with Crippen molar-refractivity contribution in [1.82, 2.24) is 20.2 Å². The lowest BCUT2D eigenvalue weighted by molar-refractivity contribution is 0.998. The molecular weight excluding hydrogens is 258 g/mol. The van der Waals surface area contributed by atoms with Crippen LogP contribution in [0.25, 0.3) is 0 Å². The highest BCUT2D eigenvalue weighted by atomic mass is 79.9. The van der Waals surface area contributed by atoms with Gasteiger partial charge in [0.1, 0.15) is 16.7 Å². The molecule has 6 heteroatoms. The van der Waals surface area contributed by atoms with Crippen molar-refractivity contribution in [3.05, 3.63) is 35.0 Å². The molecule has 0 amide bonds. The second kappa shape index (κ2) is 4.88. The highest BCUT2D eigenvalue weighted by Gasteiger charge is 1.96. The SMILES string of the molecule is Brc1cc(NCCc2cn[nH]c2)ncn1. The van der Waals surface area contributed by atoms with Crippen LogP contribution in [-0.4, -0.2) is 26.7 Å². The minimum absolute atomic E-state index is 0.781. The third-order valence-electron chi connectivity index (χ3n) is 1.91. The molecule has 0 bridgehead atoms. The van der Waals surface area contributed by atoms with E-state index in [-0.39, 0.29) is 0 Å². The predicted octanol–water partition coefficient (Wildman–Crippen LogP) is 1.62. The summed E-state index contributed by atoms with van der Waals surface area (Å²) in [5.41, 5.74) is 1.18. The van der Waals surface area contributed by atoms with E-state index in [4.69, 9.17) is 0 Å². The molecular formula is C9H10BrN5. The molecule has 0 saturated carbocycles. The molecule has 0 aliphatic rings. The molecule has 0 atom stereocenters. The van der Waals surface area contributed by atoms with E-state index in [1.165, 1.54) is 11.9 Å². The Kier molecular flexibility index (Phi) is 3.29. The molecule has 2 heterocycles. The van der Waals surface area contributed by atoms with Gasteiger partial charge in [-0.1, -0.05) is 0 Å². The Labute approximate surface area is 95.5 Å². The number of nitrogens with one attached hydrogen (secondary N) is 2. The minimum atomic E-state index is 0.781. The van der Waals surface area contributed by atoms with Crippen LogP contribution in [0, 0.1) is 0 Å². The van der Waals surface area contributed by atoms with Gasteiger partial charge >= 0.3 is 0 Å². The van der Waals surface area contributed by atoms with Crippen LogP contribution in [0.5, 0.6) is 0 Å². The van der Waals surface area contributed by atoms with Crippen molar-refractivity contribution in [3.63, 3.8) is 0 Å². The standard InChI is InChI=1S/C9H10BrN5/c10-8-3-9(13-6-12-8)11-2-1-7-4-14-15-5-7/h3-6H,1-2H2,(H,14,15)(H,11,12,13). The van der Waals surface area contributed by atoms with Crippen molar-refractivity contribution < 1.29 is 0 Å². The summed E-state index contributed by atoms with van der Waals surface area (Å²) in [4.78, 5) is 8.03. The Balaban J connectivity index is 1.83. The third kappa shape index (κ3) is 3.02. The van der Waals surface area contributed by atoms with Crippen molar-refractivity contribution in [2.45, 2.75) is 6.42 Å². The van der Waals surface area contributed by atoms with E-state index in [0.717, 1.165) is 23.4 Å². The third-order valence-corrected chi connectivity index (χ3v) is 2.34. The number of nitrogens with zero attached hydrogens (tertiary/aromatic N) is 3. The first-order valence-electron chi connectivity index (χ1n) is 4.53. The summed E-state index contributed by atoms with van der Waals surface area (Å²) in [6, 6.07) is 1.84. The Morgan fingerprint density at radius 1 is 1.40 bits per heavy atom. The van der Waals surface area contributed by atoms with E-state index in [1.54, 1.807) is 0 Å². The summed E-state index contributed by atoms with van der Waals surface area (Å²) in [6.07, 6.45) is 6.14. The van der Waals surface area contributed by atoms with E-state index in [1.807, 2.05) is 18.5 Å². The topological polar surface area (TPSA) is 66.5 Å². The first kappa shape index (κ1) is 10.1. The van der Waals surface area contributed by atoms with Crippen LogP contribution in [0.4, 0.5) is 5.82 Å². The molecule has 15 heavy (non-hydrogen) atoms. The summed E-state index contributed by atoms with van der Waals surface area (Å²) in [5, 5.41) is 9.85. The molecule has 78 valence electrons. The number of hydrogen-bond acceptors (Lipinski definition) is 4. The van der Waals surface area contributed by atoms with Gasteiger partial charge < -0.3 is 5.32 Å². The summed E-state index contributed by atoms with van der Waals surface area (Å²) < 4.78 is 0.781. The van der Waals surface area contributed by atoms with Crippen LogP contribution in [-0.2, 0) is 6.42 Å². The maximum absolute atomic E-state index is 4.08. The first-order chi connectivity index (χ1) is 7.34. The molecule has 0 unspecified atom stereocenters. The van der Waals surface area contributed by atoms with Crippen molar-refractivity contribution >= 4 is 21.7 Å².